The zero-order chi connectivity index (χ0) is 23.0. The molecule has 5 rings (SSSR count). The fourth-order valence-electron chi connectivity index (χ4n) is 6.30. The number of hydrogen-bond acceptors (Lipinski definition) is 3. The van der Waals surface area contributed by atoms with E-state index in [0.29, 0.717) is 23.4 Å². The van der Waals surface area contributed by atoms with Crippen molar-refractivity contribution >= 4 is 16.7 Å². The van der Waals surface area contributed by atoms with Gasteiger partial charge in [-0.05, 0) is 90.3 Å². The van der Waals surface area contributed by atoms with Crippen LogP contribution in [0.1, 0.15) is 70.8 Å². The summed E-state index contributed by atoms with van der Waals surface area (Å²) in [5, 5.41) is 11.9. The lowest BCUT2D eigenvalue weighted by atomic mass is 9.72. The normalized spacial score (nSPS) is 26.7. The average molecular weight is 450 g/mol. The molecule has 1 heterocycles. The van der Waals surface area contributed by atoms with Gasteiger partial charge in [0.25, 0.3) is 0 Å². The Labute approximate surface area is 198 Å². The molecule has 4 heteroatoms. The van der Waals surface area contributed by atoms with Gasteiger partial charge in [0.1, 0.15) is 5.75 Å². The number of carbonyl (C=O) groups is 1. The lowest BCUT2D eigenvalue weighted by molar-refractivity contribution is -0.144. The predicted octanol–water partition coefficient (Wildman–Crippen LogP) is 6.51. The van der Waals surface area contributed by atoms with Crippen LogP contribution in [0.25, 0.3) is 10.8 Å². The van der Waals surface area contributed by atoms with Crippen molar-refractivity contribution in [2.24, 2.45) is 23.2 Å². The van der Waals surface area contributed by atoms with Crippen molar-refractivity contribution in [1.82, 2.24) is 4.90 Å². The van der Waals surface area contributed by atoms with E-state index in [1.54, 1.807) is 0 Å². The lowest BCUT2D eigenvalue weighted by Gasteiger charge is -2.45. The van der Waals surface area contributed by atoms with Crippen LogP contribution in [0.4, 0.5) is 0 Å². The molecule has 3 aliphatic rings. The Bertz CT molecular complexity index is 984. The second-order valence-electron chi connectivity index (χ2n) is 11.7. The van der Waals surface area contributed by atoms with Crippen LogP contribution in [0.2, 0.25) is 0 Å². The molecule has 0 bridgehead atoms. The number of rotatable bonds is 6. The molecule has 2 unspecified atom stereocenters. The minimum atomic E-state index is -0.594. The molecule has 2 aliphatic carbocycles. The molecule has 2 atom stereocenters. The van der Waals surface area contributed by atoms with E-state index in [2.05, 4.69) is 55.1 Å². The first-order chi connectivity index (χ1) is 15.8. The molecule has 2 saturated carbocycles. The summed E-state index contributed by atoms with van der Waals surface area (Å²) in [6, 6.07) is 13.3. The fourth-order valence-corrected chi connectivity index (χ4v) is 6.30. The van der Waals surface area contributed by atoms with E-state index in [4.69, 9.17) is 4.74 Å². The van der Waals surface area contributed by atoms with Crippen molar-refractivity contribution < 1.29 is 14.6 Å². The summed E-state index contributed by atoms with van der Waals surface area (Å²) in [6.07, 6.45) is 9.17. The van der Waals surface area contributed by atoms with Gasteiger partial charge in [0, 0.05) is 19.6 Å². The first-order valence-corrected chi connectivity index (χ1v) is 13.0. The van der Waals surface area contributed by atoms with E-state index in [-0.39, 0.29) is 5.92 Å². The van der Waals surface area contributed by atoms with E-state index in [1.807, 2.05) is 0 Å². The highest BCUT2D eigenvalue weighted by Gasteiger charge is 2.37. The highest BCUT2D eigenvalue weighted by molar-refractivity contribution is 5.84. The number of nitrogens with zero attached hydrogens (tertiary/aromatic N) is 1. The number of hydrogen-bond donors (Lipinski definition) is 1. The van der Waals surface area contributed by atoms with E-state index < -0.39 is 5.97 Å². The van der Waals surface area contributed by atoms with Gasteiger partial charge in [-0.1, -0.05) is 44.9 Å². The van der Waals surface area contributed by atoms with Crippen molar-refractivity contribution in [1.29, 1.82) is 0 Å². The molecule has 0 spiro atoms. The van der Waals surface area contributed by atoms with Gasteiger partial charge in [0.15, 0.2) is 0 Å². The number of aliphatic carboxylic acids is 1. The summed E-state index contributed by atoms with van der Waals surface area (Å²) in [5.74, 6) is 1.57. The van der Waals surface area contributed by atoms with E-state index in [0.717, 1.165) is 57.5 Å². The minimum Gasteiger partial charge on any atom is -0.490 e. The molecule has 3 fully saturated rings. The van der Waals surface area contributed by atoms with E-state index >= 15 is 0 Å². The van der Waals surface area contributed by atoms with Crippen molar-refractivity contribution in [3.05, 3.63) is 42.0 Å². The molecule has 0 aromatic heterocycles. The molecule has 2 aromatic rings. The monoisotopic (exact) mass is 449 g/mol. The largest absolute Gasteiger partial charge is 0.490 e. The molecular formula is C29H39NO3. The average Bonchev–Trinajstić information content (AvgIpc) is 2.77. The minimum absolute atomic E-state index is 0.114. The van der Waals surface area contributed by atoms with Crippen LogP contribution in [0, 0.1) is 23.2 Å². The Kier molecular flexibility index (Phi) is 6.39. The van der Waals surface area contributed by atoms with Gasteiger partial charge < -0.3 is 9.84 Å². The summed E-state index contributed by atoms with van der Waals surface area (Å²) < 4.78 is 6.32. The lowest BCUT2D eigenvalue weighted by Crippen LogP contribution is -2.50. The number of ether oxygens (including phenoxy) is 1. The van der Waals surface area contributed by atoms with Gasteiger partial charge in [-0.2, -0.15) is 0 Å². The molecule has 178 valence electrons. The zero-order valence-corrected chi connectivity index (χ0v) is 20.3. The third-order valence-corrected chi connectivity index (χ3v) is 8.59. The fraction of sp³-hybridized carbons (Fsp3) is 0.621. The smallest absolute Gasteiger partial charge is 0.306 e. The highest BCUT2D eigenvalue weighted by atomic mass is 16.5. The summed E-state index contributed by atoms with van der Waals surface area (Å²) in [5.41, 5.74) is 1.82. The third kappa shape index (κ3) is 5.37. The molecule has 1 saturated heterocycles. The van der Waals surface area contributed by atoms with Crippen LogP contribution in [-0.2, 0) is 11.3 Å². The summed E-state index contributed by atoms with van der Waals surface area (Å²) in [4.78, 5) is 13.9. The Hall–Kier alpha value is -2.07. The Morgan fingerprint density at radius 2 is 1.73 bits per heavy atom. The molecule has 0 radical (unpaired) electrons. The Balaban J connectivity index is 1.14. The first kappa shape index (κ1) is 22.7. The van der Waals surface area contributed by atoms with Crippen LogP contribution < -0.4 is 4.74 Å². The first-order valence-electron chi connectivity index (χ1n) is 13.0. The van der Waals surface area contributed by atoms with Crippen molar-refractivity contribution in [2.75, 3.05) is 13.1 Å². The number of likely N-dealkylation sites (tertiary alicyclic amines) is 1. The second kappa shape index (κ2) is 9.29. The quantitative estimate of drug-likeness (QED) is 0.546. The molecule has 0 amide bonds. The van der Waals surface area contributed by atoms with Crippen LogP contribution in [0.15, 0.2) is 36.4 Å². The van der Waals surface area contributed by atoms with E-state index in [9.17, 15) is 9.90 Å². The van der Waals surface area contributed by atoms with Crippen LogP contribution in [-0.4, -0.2) is 35.2 Å². The van der Waals surface area contributed by atoms with Crippen molar-refractivity contribution in [2.45, 2.75) is 77.9 Å². The molecule has 1 aliphatic heterocycles. The van der Waals surface area contributed by atoms with Gasteiger partial charge in [0.05, 0.1) is 12.0 Å². The van der Waals surface area contributed by atoms with Gasteiger partial charge in [0.2, 0.25) is 0 Å². The molecule has 33 heavy (non-hydrogen) atoms. The maximum Gasteiger partial charge on any atom is 0.306 e. The highest BCUT2D eigenvalue weighted by Crippen LogP contribution is 2.39. The van der Waals surface area contributed by atoms with Crippen LogP contribution in [0.3, 0.4) is 0 Å². The van der Waals surface area contributed by atoms with E-state index in [1.165, 1.54) is 35.6 Å². The number of carboxylic acid groups (broad SMARTS) is 1. The van der Waals surface area contributed by atoms with Crippen LogP contribution in [0.5, 0.6) is 5.75 Å². The zero-order valence-electron chi connectivity index (χ0n) is 20.3. The predicted molar refractivity (Wildman–Crippen MR) is 132 cm³/mol. The summed E-state index contributed by atoms with van der Waals surface area (Å²) >= 11 is 0. The molecule has 2 aromatic carbocycles. The SMILES string of the molecule is CC1(C)CCC(Oc2ccc3cc(CN4CC(C5CCCC(C(=O)O)C5)C4)ccc3c2)CC1. The van der Waals surface area contributed by atoms with Crippen molar-refractivity contribution in [3.63, 3.8) is 0 Å². The standard InChI is InChI=1S/C29H39NO3/c1-29(2)12-10-26(11-13-29)33-27-9-8-22-14-20(6-7-23(22)16-27)17-30-18-25(19-30)21-4-3-5-24(15-21)28(31)32/h6-9,14,16,21,24-26H,3-5,10-13,15,17-19H2,1-2H3,(H,31,32). The number of fused-ring (bicyclic) bond motifs is 1. The van der Waals surface area contributed by atoms with Gasteiger partial charge >= 0.3 is 5.97 Å². The Morgan fingerprint density at radius 1 is 1.00 bits per heavy atom. The van der Waals surface area contributed by atoms with Gasteiger partial charge in [-0.3, -0.25) is 9.69 Å². The summed E-state index contributed by atoms with van der Waals surface area (Å²) in [6.45, 7) is 7.93. The van der Waals surface area contributed by atoms with Gasteiger partial charge in [-0.25, -0.2) is 0 Å². The molecular weight excluding hydrogens is 410 g/mol. The maximum atomic E-state index is 11.4. The molecule has 1 N–H and O–H groups in total. The van der Waals surface area contributed by atoms with Crippen molar-refractivity contribution in [3.8, 4) is 5.75 Å². The molecule has 4 nitrogen and oxygen atoms in total. The summed E-state index contributed by atoms with van der Waals surface area (Å²) in [7, 11) is 0. The third-order valence-electron chi connectivity index (χ3n) is 8.59. The number of benzene rings is 2. The Morgan fingerprint density at radius 3 is 2.48 bits per heavy atom. The van der Waals surface area contributed by atoms with Crippen LogP contribution >= 0.6 is 0 Å². The van der Waals surface area contributed by atoms with Gasteiger partial charge in [-0.15, -0.1) is 0 Å². The maximum absolute atomic E-state index is 11.4. The topological polar surface area (TPSA) is 49.8 Å². The second-order valence-corrected chi connectivity index (χ2v) is 11.7. The number of carboxylic acids is 1.